The predicted octanol–water partition coefficient (Wildman–Crippen LogP) is 2.94. The van der Waals surface area contributed by atoms with Gasteiger partial charge in [-0.15, -0.1) is 0 Å². The van der Waals surface area contributed by atoms with Crippen LogP contribution >= 0.6 is 0 Å². The number of benzene rings is 1. The van der Waals surface area contributed by atoms with Gasteiger partial charge in [0.2, 0.25) is 10.0 Å². The largest absolute Gasteiger partial charge is 0.368 e. The number of carbonyl (C=O) groups excluding carboxylic acids is 1. The summed E-state index contributed by atoms with van der Waals surface area (Å²) in [4.78, 5) is 19.3. The number of anilines is 2. The predicted molar refractivity (Wildman–Crippen MR) is 103 cm³/mol. The smallest absolute Gasteiger partial charge is 0.229 e. The molecular formula is C19H23N3O3S. The molecule has 7 heteroatoms. The van der Waals surface area contributed by atoms with E-state index in [2.05, 4.69) is 21.5 Å². The zero-order valence-electron chi connectivity index (χ0n) is 14.9. The lowest BCUT2D eigenvalue weighted by Crippen LogP contribution is -2.42. The summed E-state index contributed by atoms with van der Waals surface area (Å²) in [5.41, 5.74) is 2.17. The monoisotopic (exact) mass is 373 g/mol. The van der Waals surface area contributed by atoms with Gasteiger partial charge in [-0.1, -0.05) is 0 Å². The van der Waals surface area contributed by atoms with Crippen molar-refractivity contribution in [2.75, 3.05) is 22.4 Å². The molecular weight excluding hydrogens is 350 g/mol. The van der Waals surface area contributed by atoms with Crippen LogP contribution in [0.2, 0.25) is 0 Å². The van der Waals surface area contributed by atoms with Crippen LogP contribution in [-0.2, 0) is 10.0 Å². The molecule has 0 radical (unpaired) electrons. The van der Waals surface area contributed by atoms with E-state index in [1.54, 1.807) is 30.5 Å². The normalized spacial score (nSPS) is 20.6. The first kappa shape index (κ1) is 18.4. The Morgan fingerprint density at radius 1 is 1.23 bits per heavy atom. The SMILES string of the molecule is CC1CC(C(=O)c2ccc(NS(C)(=O)=O)cc2)CCN1c1cccnc1. The lowest BCUT2D eigenvalue weighted by atomic mass is 9.85. The van der Waals surface area contributed by atoms with E-state index in [1.165, 1.54) is 0 Å². The molecule has 2 unspecified atom stereocenters. The molecule has 1 fully saturated rings. The average molecular weight is 373 g/mol. The molecule has 0 spiro atoms. The van der Waals surface area contributed by atoms with E-state index in [0.29, 0.717) is 11.3 Å². The van der Waals surface area contributed by atoms with Gasteiger partial charge in [0.25, 0.3) is 0 Å². The Bertz CT molecular complexity index is 867. The molecule has 3 rings (SSSR count). The van der Waals surface area contributed by atoms with Crippen LogP contribution in [-0.4, -0.2) is 38.0 Å². The van der Waals surface area contributed by atoms with Gasteiger partial charge in [-0.2, -0.15) is 0 Å². The number of piperidine rings is 1. The third-order valence-electron chi connectivity index (χ3n) is 4.70. The molecule has 0 amide bonds. The van der Waals surface area contributed by atoms with Crippen molar-refractivity contribution in [2.45, 2.75) is 25.8 Å². The Balaban J connectivity index is 1.66. The van der Waals surface area contributed by atoms with Crippen molar-refractivity contribution in [3.63, 3.8) is 0 Å². The first-order chi connectivity index (χ1) is 12.3. The second-order valence-electron chi connectivity index (χ2n) is 6.79. The number of hydrogen-bond acceptors (Lipinski definition) is 5. The maximum atomic E-state index is 12.8. The van der Waals surface area contributed by atoms with Crippen LogP contribution in [0.3, 0.4) is 0 Å². The highest BCUT2D eigenvalue weighted by atomic mass is 32.2. The molecule has 2 aromatic rings. The fourth-order valence-corrected chi connectivity index (χ4v) is 4.03. The second-order valence-corrected chi connectivity index (χ2v) is 8.54. The standard InChI is InChI=1S/C19H23N3O3S/c1-14-12-16(9-11-22(14)18-4-3-10-20-13-18)19(23)15-5-7-17(8-6-15)21-26(2,24)25/h3-8,10,13-14,16,21H,9,11-12H2,1-2H3. The lowest BCUT2D eigenvalue weighted by molar-refractivity contribution is 0.0890. The molecule has 1 aromatic heterocycles. The molecule has 26 heavy (non-hydrogen) atoms. The fourth-order valence-electron chi connectivity index (χ4n) is 3.47. The Hall–Kier alpha value is -2.41. The summed E-state index contributed by atoms with van der Waals surface area (Å²) in [5.74, 6) is 0.0974. The van der Waals surface area contributed by atoms with E-state index in [-0.39, 0.29) is 17.7 Å². The van der Waals surface area contributed by atoms with Crippen LogP contribution in [0.4, 0.5) is 11.4 Å². The van der Waals surface area contributed by atoms with Gasteiger partial charge in [0.1, 0.15) is 0 Å². The quantitative estimate of drug-likeness (QED) is 0.815. The molecule has 1 aromatic carbocycles. The number of rotatable bonds is 5. The van der Waals surface area contributed by atoms with Crippen molar-refractivity contribution in [3.05, 3.63) is 54.4 Å². The summed E-state index contributed by atoms with van der Waals surface area (Å²) in [6, 6.07) is 10.9. The molecule has 6 nitrogen and oxygen atoms in total. The van der Waals surface area contributed by atoms with Crippen LogP contribution in [0, 0.1) is 5.92 Å². The van der Waals surface area contributed by atoms with Crippen LogP contribution in [0.1, 0.15) is 30.1 Å². The minimum atomic E-state index is -3.32. The van der Waals surface area contributed by atoms with E-state index < -0.39 is 10.0 Å². The van der Waals surface area contributed by atoms with E-state index in [9.17, 15) is 13.2 Å². The zero-order valence-corrected chi connectivity index (χ0v) is 15.7. The van der Waals surface area contributed by atoms with Gasteiger partial charge in [0.05, 0.1) is 18.1 Å². The fraction of sp³-hybridized carbons (Fsp3) is 0.368. The van der Waals surface area contributed by atoms with Gasteiger partial charge in [-0.3, -0.25) is 14.5 Å². The molecule has 1 aliphatic rings. The van der Waals surface area contributed by atoms with Gasteiger partial charge in [-0.25, -0.2) is 8.42 Å². The Morgan fingerprint density at radius 2 is 1.96 bits per heavy atom. The first-order valence-corrected chi connectivity index (χ1v) is 10.5. The van der Waals surface area contributed by atoms with Gasteiger partial charge in [0.15, 0.2) is 5.78 Å². The number of carbonyl (C=O) groups is 1. The topological polar surface area (TPSA) is 79.4 Å². The number of ketones is 1. The molecule has 0 aliphatic carbocycles. The van der Waals surface area contributed by atoms with E-state index in [1.807, 2.05) is 18.3 Å². The van der Waals surface area contributed by atoms with E-state index in [4.69, 9.17) is 0 Å². The van der Waals surface area contributed by atoms with Crippen molar-refractivity contribution < 1.29 is 13.2 Å². The van der Waals surface area contributed by atoms with E-state index in [0.717, 1.165) is 31.3 Å². The van der Waals surface area contributed by atoms with Gasteiger partial charge >= 0.3 is 0 Å². The van der Waals surface area contributed by atoms with Gasteiger partial charge < -0.3 is 4.90 Å². The number of hydrogen-bond donors (Lipinski definition) is 1. The molecule has 1 aliphatic heterocycles. The number of sulfonamides is 1. The minimum absolute atomic E-state index is 0.0216. The van der Waals surface area contributed by atoms with Crippen molar-refractivity contribution in [1.29, 1.82) is 0 Å². The first-order valence-electron chi connectivity index (χ1n) is 8.62. The second kappa shape index (κ2) is 7.45. The number of aromatic nitrogens is 1. The van der Waals surface area contributed by atoms with Gasteiger partial charge in [0, 0.05) is 36.0 Å². The third-order valence-corrected chi connectivity index (χ3v) is 5.30. The molecule has 0 bridgehead atoms. The summed E-state index contributed by atoms with van der Waals surface area (Å²) in [6.07, 6.45) is 6.29. The maximum absolute atomic E-state index is 12.8. The highest BCUT2D eigenvalue weighted by Gasteiger charge is 2.30. The molecule has 2 atom stereocenters. The maximum Gasteiger partial charge on any atom is 0.229 e. The van der Waals surface area contributed by atoms with Crippen LogP contribution in [0.25, 0.3) is 0 Å². The summed E-state index contributed by atoms with van der Waals surface area (Å²) in [6.45, 7) is 2.95. The molecule has 138 valence electrons. The summed E-state index contributed by atoms with van der Waals surface area (Å²) < 4.78 is 24.9. The Kier molecular flexibility index (Phi) is 5.27. The summed E-state index contributed by atoms with van der Waals surface area (Å²) >= 11 is 0. The van der Waals surface area contributed by atoms with Crippen molar-refractivity contribution in [3.8, 4) is 0 Å². The third kappa shape index (κ3) is 4.40. The average Bonchev–Trinajstić information content (AvgIpc) is 2.61. The summed E-state index contributed by atoms with van der Waals surface area (Å²) in [7, 11) is -3.32. The number of Topliss-reactive ketones (excluding diaryl/α,β-unsaturated/α-hetero) is 1. The Labute approximate surface area is 154 Å². The molecule has 1 saturated heterocycles. The van der Waals surface area contributed by atoms with Gasteiger partial charge in [-0.05, 0) is 56.2 Å². The molecule has 1 N–H and O–H groups in total. The highest BCUT2D eigenvalue weighted by Crippen LogP contribution is 2.29. The number of pyridine rings is 1. The van der Waals surface area contributed by atoms with Crippen LogP contribution in [0.15, 0.2) is 48.8 Å². The van der Waals surface area contributed by atoms with Crippen molar-refractivity contribution in [2.24, 2.45) is 5.92 Å². The summed E-state index contributed by atoms with van der Waals surface area (Å²) in [5, 5.41) is 0. The Morgan fingerprint density at radius 3 is 2.54 bits per heavy atom. The van der Waals surface area contributed by atoms with E-state index >= 15 is 0 Å². The van der Waals surface area contributed by atoms with Crippen molar-refractivity contribution >= 4 is 27.2 Å². The number of nitrogens with one attached hydrogen (secondary N) is 1. The minimum Gasteiger partial charge on any atom is -0.368 e. The molecule has 2 heterocycles. The zero-order chi connectivity index (χ0) is 18.7. The molecule has 0 saturated carbocycles. The van der Waals surface area contributed by atoms with Crippen molar-refractivity contribution in [1.82, 2.24) is 4.98 Å². The number of nitrogens with zero attached hydrogens (tertiary/aromatic N) is 2. The van der Waals surface area contributed by atoms with Crippen LogP contribution in [0.5, 0.6) is 0 Å². The highest BCUT2D eigenvalue weighted by molar-refractivity contribution is 7.92. The lowest BCUT2D eigenvalue weighted by Gasteiger charge is -2.38. The van der Waals surface area contributed by atoms with Crippen LogP contribution < -0.4 is 9.62 Å².